The molecule has 0 aromatic carbocycles. The average molecular weight is 145 g/mol. The number of carbonyl (C=O) groups excluding carboxylic acids is 2. The van der Waals surface area contributed by atoms with E-state index in [2.05, 4.69) is 14.8 Å². The third kappa shape index (κ3) is 1.18. The molecule has 0 aliphatic carbocycles. The highest BCUT2D eigenvalue weighted by Gasteiger charge is 2.29. The molecule has 0 aromatic rings. The molecular formula is C5H7NO4. The van der Waals surface area contributed by atoms with Crippen molar-refractivity contribution >= 4 is 12.1 Å². The van der Waals surface area contributed by atoms with Crippen molar-refractivity contribution < 1.29 is 19.1 Å². The summed E-state index contributed by atoms with van der Waals surface area (Å²) in [5, 5.41) is 2.27. The van der Waals surface area contributed by atoms with E-state index in [0.29, 0.717) is 0 Å². The Bertz CT molecular complexity index is 167. The Morgan fingerprint density at radius 1 is 1.90 bits per heavy atom. The Morgan fingerprint density at radius 3 is 3.00 bits per heavy atom. The summed E-state index contributed by atoms with van der Waals surface area (Å²) in [5.41, 5.74) is 0. The summed E-state index contributed by atoms with van der Waals surface area (Å²) >= 11 is 0. The zero-order chi connectivity index (χ0) is 7.56. The van der Waals surface area contributed by atoms with Crippen LogP contribution in [-0.2, 0) is 14.3 Å². The number of hydrogen-bond donors (Lipinski definition) is 1. The Morgan fingerprint density at radius 2 is 2.60 bits per heavy atom. The van der Waals surface area contributed by atoms with Crippen LogP contribution >= 0.6 is 0 Å². The van der Waals surface area contributed by atoms with Gasteiger partial charge in [-0.15, -0.1) is 0 Å². The van der Waals surface area contributed by atoms with Gasteiger partial charge in [-0.3, -0.25) is 0 Å². The van der Waals surface area contributed by atoms with E-state index in [1.165, 1.54) is 7.11 Å². The maximum absolute atomic E-state index is 10.6. The van der Waals surface area contributed by atoms with Crippen LogP contribution in [0.3, 0.4) is 0 Å². The van der Waals surface area contributed by atoms with E-state index in [1.807, 2.05) is 0 Å². The molecule has 0 saturated carbocycles. The Kier molecular flexibility index (Phi) is 1.75. The second-order valence-electron chi connectivity index (χ2n) is 1.82. The number of hydrogen-bond acceptors (Lipinski definition) is 4. The number of alkyl carbamates (subject to hydrolysis) is 1. The number of amides is 1. The molecule has 1 saturated heterocycles. The summed E-state index contributed by atoms with van der Waals surface area (Å²) in [6, 6.07) is -0.627. The molecule has 0 radical (unpaired) electrons. The molecule has 0 aromatic heterocycles. The topological polar surface area (TPSA) is 64.6 Å². The lowest BCUT2D eigenvalue weighted by atomic mass is 10.3. The van der Waals surface area contributed by atoms with E-state index in [1.54, 1.807) is 0 Å². The SMILES string of the molecule is COC(=O)[C@@H]1COC(=O)N1. The molecule has 0 unspecified atom stereocenters. The van der Waals surface area contributed by atoms with Gasteiger partial charge in [0.05, 0.1) is 7.11 Å². The fraction of sp³-hybridized carbons (Fsp3) is 0.600. The fourth-order valence-electron chi connectivity index (χ4n) is 0.654. The van der Waals surface area contributed by atoms with Gasteiger partial charge in [-0.1, -0.05) is 0 Å². The van der Waals surface area contributed by atoms with Gasteiger partial charge < -0.3 is 14.8 Å². The lowest BCUT2D eigenvalue weighted by Crippen LogP contribution is -2.35. The first-order valence-corrected chi connectivity index (χ1v) is 2.75. The minimum absolute atomic E-state index is 0.0610. The van der Waals surface area contributed by atoms with E-state index in [4.69, 9.17) is 0 Å². The number of nitrogens with one attached hydrogen (secondary N) is 1. The van der Waals surface area contributed by atoms with Crippen molar-refractivity contribution in [3.63, 3.8) is 0 Å². The third-order valence-corrected chi connectivity index (χ3v) is 1.16. The minimum atomic E-state index is -0.627. The zero-order valence-corrected chi connectivity index (χ0v) is 5.42. The first-order chi connectivity index (χ1) is 4.74. The highest BCUT2D eigenvalue weighted by atomic mass is 16.6. The van der Waals surface area contributed by atoms with Crippen molar-refractivity contribution in [3.05, 3.63) is 0 Å². The quantitative estimate of drug-likeness (QED) is 0.494. The fourth-order valence-corrected chi connectivity index (χ4v) is 0.654. The number of cyclic esters (lactones) is 1. The van der Waals surface area contributed by atoms with Crippen molar-refractivity contribution in [2.45, 2.75) is 6.04 Å². The van der Waals surface area contributed by atoms with Crippen LogP contribution in [-0.4, -0.2) is 31.8 Å². The molecule has 1 heterocycles. The van der Waals surface area contributed by atoms with Gasteiger partial charge in [0.1, 0.15) is 6.61 Å². The van der Waals surface area contributed by atoms with Crippen LogP contribution in [0.1, 0.15) is 0 Å². The van der Waals surface area contributed by atoms with Gasteiger partial charge in [-0.25, -0.2) is 9.59 Å². The highest BCUT2D eigenvalue weighted by molar-refractivity contribution is 5.83. The average Bonchev–Trinajstić information content (AvgIpc) is 2.34. The van der Waals surface area contributed by atoms with Gasteiger partial charge in [0, 0.05) is 0 Å². The van der Waals surface area contributed by atoms with Crippen LogP contribution in [0.4, 0.5) is 4.79 Å². The maximum atomic E-state index is 10.6. The normalized spacial score (nSPS) is 23.3. The lowest BCUT2D eigenvalue weighted by Gasteiger charge is -2.01. The van der Waals surface area contributed by atoms with E-state index < -0.39 is 18.1 Å². The summed E-state index contributed by atoms with van der Waals surface area (Å²) in [7, 11) is 1.26. The minimum Gasteiger partial charge on any atom is -0.467 e. The molecule has 1 aliphatic heterocycles. The summed E-state index contributed by atoms with van der Waals surface area (Å²) in [4.78, 5) is 21.0. The first-order valence-electron chi connectivity index (χ1n) is 2.75. The van der Waals surface area contributed by atoms with E-state index >= 15 is 0 Å². The number of methoxy groups -OCH3 is 1. The first kappa shape index (κ1) is 6.85. The summed E-state index contributed by atoms with van der Waals surface area (Å²) in [6.07, 6.45) is -0.574. The van der Waals surface area contributed by atoms with Crippen LogP contribution in [0.15, 0.2) is 0 Å². The molecule has 0 bridgehead atoms. The van der Waals surface area contributed by atoms with Crippen molar-refractivity contribution in [2.24, 2.45) is 0 Å². The molecule has 1 amide bonds. The molecule has 1 N–H and O–H groups in total. The third-order valence-electron chi connectivity index (χ3n) is 1.16. The lowest BCUT2D eigenvalue weighted by molar-refractivity contribution is -0.142. The van der Waals surface area contributed by atoms with Gasteiger partial charge in [0.15, 0.2) is 6.04 Å². The van der Waals surface area contributed by atoms with Crippen LogP contribution in [0.2, 0.25) is 0 Å². The molecule has 0 spiro atoms. The second kappa shape index (κ2) is 2.55. The monoisotopic (exact) mass is 145 g/mol. The maximum Gasteiger partial charge on any atom is 0.408 e. The molecular weight excluding hydrogens is 138 g/mol. The molecule has 1 rings (SSSR count). The molecule has 1 aliphatic rings. The second-order valence-corrected chi connectivity index (χ2v) is 1.82. The van der Waals surface area contributed by atoms with Crippen LogP contribution in [0.25, 0.3) is 0 Å². The molecule has 10 heavy (non-hydrogen) atoms. The Labute approximate surface area is 57.3 Å². The molecule has 1 atom stereocenters. The smallest absolute Gasteiger partial charge is 0.408 e. The van der Waals surface area contributed by atoms with Crippen molar-refractivity contribution in [1.82, 2.24) is 5.32 Å². The van der Waals surface area contributed by atoms with E-state index in [-0.39, 0.29) is 6.61 Å². The number of carbonyl (C=O) groups is 2. The largest absolute Gasteiger partial charge is 0.467 e. The summed E-state index contributed by atoms with van der Waals surface area (Å²) < 4.78 is 8.79. The number of ether oxygens (including phenoxy) is 2. The van der Waals surface area contributed by atoms with Gasteiger partial charge in [-0.05, 0) is 0 Å². The summed E-state index contributed by atoms with van der Waals surface area (Å²) in [5.74, 6) is -0.481. The molecule has 56 valence electrons. The Hall–Kier alpha value is -1.26. The van der Waals surface area contributed by atoms with Crippen molar-refractivity contribution in [2.75, 3.05) is 13.7 Å². The highest BCUT2D eigenvalue weighted by Crippen LogP contribution is 1.98. The zero-order valence-electron chi connectivity index (χ0n) is 5.42. The standard InChI is InChI=1S/C5H7NO4/c1-9-4(7)3-2-10-5(8)6-3/h3H,2H2,1H3,(H,6,8)/t3-/m0/s1. The number of esters is 1. The number of rotatable bonds is 1. The predicted octanol–water partition coefficient (Wildman–Crippen LogP) is -0.732. The molecule has 5 nitrogen and oxygen atoms in total. The van der Waals surface area contributed by atoms with E-state index in [9.17, 15) is 9.59 Å². The van der Waals surface area contributed by atoms with Crippen molar-refractivity contribution in [3.8, 4) is 0 Å². The van der Waals surface area contributed by atoms with Crippen molar-refractivity contribution in [1.29, 1.82) is 0 Å². The van der Waals surface area contributed by atoms with Gasteiger partial charge in [-0.2, -0.15) is 0 Å². The van der Waals surface area contributed by atoms with Crippen LogP contribution in [0.5, 0.6) is 0 Å². The predicted molar refractivity (Wildman–Crippen MR) is 30.3 cm³/mol. The summed E-state index contributed by atoms with van der Waals surface area (Å²) in [6.45, 7) is 0.0610. The van der Waals surface area contributed by atoms with Crippen LogP contribution in [0, 0.1) is 0 Å². The van der Waals surface area contributed by atoms with Gasteiger partial charge in [0.25, 0.3) is 0 Å². The van der Waals surface area contributed by atoms with E-state index in [0.717, 1.165) is 0 Å². The molecule has 1 fully saturated rings. The molecule has 5 heteroatoms. The Balaban J connectivity index is 2.44. The van der Waals surface area contributed by atoms with Gasteiger partial charge >= 0.3 is 12.1 Å². The van der Waals surface area contributed by atoms with Gasteiger partial charge in [0.2, 0.25) is 0 Å². The van der Waals surface area contributed by atoms with Crippen LogP contribution < -0.4 is 5.32 Å².